The van der Waals surface area contributed by atoms with Crippen LogP contribution in [-0.2, 0) is 0 Å². The second kappa shape index (κ2) is 4.75. The number of nitrogens with two attached hydrogens (primary N) is 1. The van der Waals surface area contributed by atoms with Gasteiger partial charge in [-0.05, 0) is 36.8 Å². The number of para-hydroxylation sites is 1. The van der Waals surface area contributed by atoms with Gasteiger partial charge < -0.3 is 10.7 Å². The number of hydrazine groups is 1. The van der Waals surface area contributed by atoms with Crippen LogP contribution in [0.15, 0.2) is 24.3 Å². The van der Waals surface area contributed by atoms with Gasteiger partial charge in [0.1, 0.15) is 0 Å². The number of benzene rings is 1. The number of hydrogen-bond donors (Lipinski definition) is 3. The minimum absolute atomic E-state index is 0.0572. The molecule has 0 saturated heterocycles. The van der Waals surface area contributed by atoms with Gasteiger partial charge in [-0.25, -0.2) is 0 Å². The quantitative estimate of drug-likeness (QED) is 0.537. The van der Waals surface area contributed by atoms with Crippen LogP contribution in [0.4, 0.5) is 5.69 Å². The largest absolute Gasteiger partial charge is 0.351 e. The SMILES string of the molecule is CCC1(CNC(=O)c2ccccc2NN)CC1. The molecule has 92 valence electrons. The number of nitrogens with one attached hydrogen (secondary N) is 2. The van der Waals surface area contributed by atoms with E-state index in [-0.39, 0.29) is 5.91 Å². The Morgan fingerprint density at radius 2 is 2.12 bits per heavy atom. The molecule has 0 unspecified atom stereocenters. The molecule has 1 aliphatic rings. The summed E-state index contributed by atoms with van der Waals surface area (Å²) in [6.45, 7) is 2.94. The molecule has 4 nitrogen and oxygen atoms in total. The molecule has 0 atom stereocenters. The van der Waals surface area contributed by atoms with Gasteiger partial charge >= 0.3 is 0 Å². The van der Waals surface area contributed by atoms with Gasteiger partial charge in [0, 0.05) is 6.54 Å². The molecule has 1 saturated carbocycles. The highest BCUT2D eigenvalue weighted by atomic mass is 16.1. The molecule has 0 radical (unpaired) electrons. The van der Waals surface area contributed by atoms with E-state index in [0.29, 0.717) is 16.7 Å². The number of nitrogen functional groups attached to an aromatic ring is 1. The summed E-state index contributed by atoms with van der Waals surface area (Å²) in [6.07, 6.45) is 3.57. The highest BCUT2D eigenvalue weighted by Gasteiger charge is 2.40. The number of amides is 1. The fraction of sp³-hybridized carbons (Fsp3) is 0.462. The molecule has 4 heteroatoms. The zero-order valence-electron chi connectivity index (χ0n) is 10.1. The van der Waals surface area contributed by atoms with Crippen molar-refractivity contribution in [1.82, 2.24) is 5.32 Å². The Bertz CT molecular complexity index is 413. The Balaban J connectivity index is 1.99. The average Bonchev–Trinajstić information content (AvgIpc) is 3.16. The van der Waals surface area contributed by atoms with Crippen molar-refractivity contribution in [1.29, 1.82) is 0 Å². The number of hydrogen-bond acceptors (Lipinski definition) is 3. The molecule has 1 amide bonds. The molecule has 0 aliphatic heterocycles. The summed E-state index contributed by atoms with van der Waals surface area (Å²) in [6, 6.07) is 7.25. The van der Waals surface area contributed by atoms with Crippen molar-refractivity contribution in [3.05, 3.63) is 29.8 Å². The topological polar surface area (TPSA) is 67.2 Å². The Labute approximate surface area is 102 Å². The first-order valence-electron chi connectivity index (χ1n) is 6.05. The summed E-state index contributed by atoms with van der Waals surface area (Å²) in [4.78, 5) is 12.0. The van der Waals surface area contributed by atoms with Crippen LogP contribution < -0.4 is 16.6 Å². The molecule has 1 aromatic rings. The first-order valence-corrected chi connectivity index (χ1v) is 6.05. The van der Waals surface area contributed by atoms with Gasteiger partial charge in [0.2, 0.25) is 0 Å². The molecular weight excluding hydrogens is 214 g/mol. The van der Waals surface area contributed by atoms with E-state index in [1.165, 1.54) is 12.8 Å². The molecular formula is C13H19N3O. The molecule has 4 N–H and O–H groups in total. The first-order chi connectivity index (χ1) is 8.21. The lowest BCUT2D eigenvalue weighted by Crippen LogP contribution is -2.30. The van der Waals surface area contributed by atoms with Crippen molar-refractivity contribution in [2.24, 2.45) is 11.3 Å². The van der Waals surface area contributed by atoms with Crippen molar-refractivity contribution in [2.75, 3.05) is 12.0 Å². The van der Waals surface area contributed by atoms with Crippen molar-refractivity contribution >= 4 is 11.6 Å². The van der Waals surface area contributed by atoms with Crippen molar-refractivity contribution in [3.8, 4) is 0 Å². The van der Waals surface area contributed by atoms with E-state index in [1.54, 1.807) is 12.1 Å². The van der Waals surface area contributed by atoms with E-state index >= 15 is 0 Å². The lowest BCUT2D eigenvalue weighted by molar-refractivity contribution is 0.0945. The van der Waals surface area contributed by atoms with Crippen LogP contribution in [0.5, 0.6) is 0 Å². The minimum atomic E-state index is -0.0572. The average molecular weight is 233 g/mol. The summed E-state index contributed by atoms with van der Waals surface area (Å²) >= 11 is 0. The van der Waals surface area contributed by atoms with Crippen LogP contribution in [-0.4, -0.2) is 12.5 Å². The third-order valence-electron chi connectivity index (χ3n) is 3.66. The van der Waals surface area contributed by atoms with Crippen LogP contribution in [0.1, 0.15) is 36.5 Å². The lowest BCUT2D eigenvalue weighted by Gasteiger charge is -2.14. The van der Waals surface area contributed by atoms with Crippen LogP contribution in [0.25, 0.3) is 0 Å². The lowest BCUT2D eigenvalue weighted by atomic mass is 10.0. The molecule has 1 aromatic carbocycles. The predicted octanol–water partition coefficient (Wildman–Crippen LogP) is 1.89. The molecule has 0 spiro atoms. The van der Waals surface area contributed by atoms with Crippen LogP contribution >= 0.6 is 0 Å². The number of carbonyl (C=O) groups excluding carboxylic acids is 1. The van der Waals surface area contributed by atoms with Crippen molar-refractivity contribution in [3.63, 3.8) is 0 Å². The molecule has 0 aromatic heterocycles. The zero-order chi connectivity index (χ0) is 12.3. The number of anilines is 1. The Morgan fingerprint density at radius 3 is 2.71 bits per heavy atom. The van der Waals surface area contributed by atoms with Crippen molar-refractivity contribution in [2.45, 2.75) is 26.2 Å². The van der Waals surface area contributed by atoms with E-state index in [2.05, 4.69) is 17.7 Å². The van der Waals surface area contributed by atoms with E-state index in [0.717, 1.165) is 13.0 Å². The van der Waals surface area contributed by atoms with Gasteiger partial charge in [-0.2, -0.15) is 0 Å². The predicted molar refractivity (Wildman–Crippen MR) is 68.5 cm³/mol. The highest BCUT2D eigenvalue weighted by Crippen LogP contribution is 2.47. The maximum absolute atomic E-state index is 12.0. The van der Waals surface area contributed by atoms with Gasteiger partial charge in [0.05, 0.1) is 11.3 Å². The van der Waals surface area contributed by atoms with Crippen LogP contribution in [0.3, 0.4) is 0 Å². The third kappa shape index (κ3) is 2.58. The monoisotopic (exact) mass is 233 g/mol. The maximum Gasteiger partial charge on any atom is 0.253 e. The molecule has 0 bridgehead atoms. The summed E-state index contributed by atoms with van der Waals surface area (Å²) in [7, 11) is 0. The van der Waals surface area contributed by atoms with Gasteiger partial charge in [-0.15, -0.1) is 0 Å². The number of carbonyl (C=O) groups is 1. The second-order valence-electron chi connectivity index (χ2n) is 4.73. The molecule has 1 aliphatic carbocycles. The van der Waals surface area contributed by atoms with Crippen molar-refractivity contribution < 1.29 is 4.79 Å². The molecule has 0 heterocycles. The second-order valence-corrected chi connectivity index (χ2v) is 4.73. The third-order valence-corrected chi connectivity index (χ3v) is 3.66. The van der Waals surface area contributed by atoms with Gasteiger partial charge in [-0.3, -0.25) is 10.6 Å². The highest BCUT2D eigenvalue weighted by molar-refractivity contribution is 5.99. The Hall–Kier alpha value is -1.55. The Morgan fingerprint density at radius 1 is 1.41 bits per heavy atom. The minimum Gasteiger partial charge on any atom is -0.351 e. The van der Waals surface area contributed by atoms with Crippen LogP contribution in [0, 0.1) is 5.41 Å². The Kier molecular flexibility index (Phi) is 3.33. The summed E-state index contributed by atoms with van der Waals surface area (Å²) in [5, 5.41) is 2.99. The van der Waals surface area contributed by atoms with Gasteiger partial charge in [0.25, 0.3) is 5.91 Å². The first kappa shape index (κ1) is 11.9. The maximum atomic E-state index is 12.0. The number of rotatable bonds is 5. The summed E-state index contributed by atoms with van der Waals surface area (Å²) in [5.74, 6) is 5.32. The normalized spacial score (nSPS) is 16.4. The van der Waals surface area contributed by atoms with Gasteiger partial charge in [0.15, 0.2) is 0 Å². The zero-order valence-corrected chi connectivity index (χ0v) is 10.1. The van der Waals surface area contributed by atoms with Crippen LogP contribution in [0.2, 0.25) is 0 Å². The smallest absolute Gasteiger partial charge is 0.253 e. The molecule has 17 heavy (non-hydrogen) atoms. The van der Waals surface area contributed by atoms with E-state index in [4.69, 9.17) is 5.84 Å². The van der Waals surface area contributed by atoms with E-state index < -0.39 is 0 Å². The standard InChI is InChI=1S/C13H19N3O/c1-2-13(7-8-13)9-15-12(17)10-5-3-4-6-11(10)16-14/h3-6,16H,2,7-9,14H2,1H3,(H,15,17). The summed E-state index contributed by atoms with van der Waals surface area (Å²) < 4.78 is 0. The van der Waals surface area contributed by atoms with E-state index in [1.807, 2.05) is 12.1 Å². The molecule has 1 fully saturated rings. The fourth-order valence-corrected chi connectivity index (χ4v) is 2.00. The summed E-state index contributed by atoms with van der Waals surface area (Å²) in [5.41, 5.74) is 4.16. The molecule has 2 rings (SSSR count). The fourth-order valence-electron chi connectivity index (χ4n) is 2.00. The van der Waals surface area contributed by atoms with E-state index in [9.17, 15) is 4.79 Å². The van der Waals surface area contributed by atoms with Gasteiger partial charge in [-0.1, -0.05) is 19.1 Å².